The van der Waals surface area contributed by atoms with E-state index in [1.54, 1.807) is 28.4 Å². The summed E-state index contributed by atoms with van der Waals surface area (Å²) in [6.45, 7) is 1.83. The van der Waals surface area contributed by atoms with Crippen LogP contribution in [0.3, 0.4) is 0 Å². The smallest absolute Gasteiger partial charge is 0.289 e. The Bertz CT molecular complexity index is 1030. The first-order valence-corrected chi connectivity index (χ1v) is 11.3. The van der Waals surface area contributed by atoms with Crippen LogP contribution in [0.25, 0.3) is 0 Å². The first-order valence-electron chi connectivity index (χ1n) is 10.5. The molecular formula is C24H24N2O3S. The summed E-state index contributed by atoms with van der Waals surface area (Å²) in [5.74, 6) is 0.184. The number of piperidine rings is 1. The van der Waals surface area contributed by atoms with Crippen molar-refractivity contribution < 1.29 is 14.0 Å². The molecule has 30 heavy (non-hydrogen) atoms. The molecule has 5 nitrogen and oxygen atoms in total. The summed E-state index contributed by atoms with van der Waals surface area (Å²) in [5, 5.41) is 2.12. The van der Waals surface area contributed by atoms with Crippen molar-refractivity contribution in [2.24, 2.45) is 5.92 Å². The normalized spacial score (nSPS) is 21.3. The van der Waals surface area contributed by atoms with Gasteiger partial charge in [-0.05, 0) is 54.0 Å². The lowest BCUT2D eigenvalue weighted by Gasteiger charge is -2.40. The Morgan fingerprint density at radius 2 is 1.90 bits per heavy atom. The van der Waals surface area contributed by atoms with Gasteiger partial charge in [0.15, 0.2) is 5.76 Å². The second-order valence-electron chi connectivity index (χ2n) is 7.96. The quantitative estimate of drug-likeness (QED) is 0.632. The van der Waals surface area contributed by atoms with E-state index in [0.29, 0.717) is 25.4 Å². The van der Waals surface area contributed by atoms with E-state index in [0.717, 1.165) is 24.8 Å². The molecule has 154 valence electrons. The van der Waals surface area contributed by atoms with E-state index in [-0.39, 0.29) is 23.8 Å². The molecule has 0 unspecified atom stereocenters. The molecule has 1 saturated heterocycles. The fourth-order valence-corrected chi connectivity index (χ4v) is 5.61. The number of carbonyl (C=O) groups excluding carboxylic acids is 2. The van der Waals surface area contributed by atoms with Gasteiger partial charge in [0.2, 0.25) is 5.91 Å². The molecule has 1 fully saturated rings. The predicted octanol–water partition coefficient (Wildman–Crippen LogP) is 4.37. The lowest BCUT2D eigenvalue weighted by atomic mass is 9.90. The number of furan rings is 1. The van der Waals surface area contributed by atoms with Crippen molar-refractivity contribution in [3.05, 3.63) is 81.9 Å². The Balaban J connectivity index is 1.40. The van der Waals surface area contributed by atoms with Crippen LogP contribution in [0.1, 0.15) is 45.4 Å². The molecule has 3 aromatic rings. The Morgan fingerprint density at radius 1 is 1.03 bits per heavy atom. The molecule has 4 heterocycles. The molecule has 0 N–H and O–H groups in total. The maximum Gasteiger partial charge on any atom is 0.289 e. The van der Waals surface area contributed by atoms with E-state index in [1.165, 1.54) is 16.7 Å². The van der Waals surface area contributed by atoms with Gasteiger partial charge in [-0.2, -0.15) is 0 Å². The molecule has 6 heteroatoms. The largest absolute Gasteiger partial charge is 0.459 e. The number of hydrogen-bond acceptors (Lipinski definition) is 4. The molecule has 0 saturated carbocycles. The summed E-state index contributed by atoms with van der Waals surface area (Å²) in [6.07, 6.45) is 4.05. The van der Waals surface area contributed by atoms with Crippen LogP contribution in [0.4, 0.5) is 0 Å². The standard InChI is InChI=1S/C24H24N2O3S/c27-23(18-8-4-12-25(16-18)24(28)20-9-5-14-29-20)26-13-10-21-19(11-15-30-21)22(26)17-6-2-1-3-7-17/h1-3,5-7,9,11,14-15,18,22H,4,8,10,12-13,16H2/t18-,22-/m1/s1. The van der Waals surface area contributed by atoms with Crippen LogP contribution in [0.2, 0.25) is 0 Å². The fourth-order valence-electron chi connectivity index (χ4n) is 4.70. The molecule has 0 radical (unpaired) electrons. The van der Waals surface area contributed by atoms with Crippen LogP contribution in [0, 0.1) is 5.92 Å². The van der Waals surface area contributed by atoms with Crippen LogP contribution in [-0.2, 0) is 11.2 Å². The van der Waals surface area contributed by atoms with Crippen molar-refractivity contribution in [1.82, 2.24) is 9.80 Å². The zero-order chi connectivity index (χ0) is 20.5. The molecule has 2 amide bonds. The molecule has 2 atom stereocenters. The molecule has 5 rings (SSSR count). The van der Waals surface area contributed by atoms with Gasteiger partial charge in [0.05, 0.1) is 18.2 Å². The Labute approximate surface area is 179 Å². The summed E-state index contributed by atoms with van der Waals surface area (Å²) in [5.41, 5.74) is 2.38. The molecule has 0 spiro atoms. The molecule has 0 bridgehead atoms. The van der Waals surface area contributed by atoms with Gasteiger partial charge >= 0.3 is 0 Å². The third-order valence-electron chi connectivity index (χ3n) is 6.15. The lowest BCUT2D eigenvalue weighted by Crippen LogP contribution is -2.49. The Kier molecular flexibility index (Phi) is 5.17. The maximum absolute atomic E-state index is 13.7. The average molecular weight is 421 g/mol. The molecule has 2 aliphatic rings. The first kappa shape index (κ1) is 19.1. The minimum atomic E-state index is -0.177. The van der Waals surface area contributed by atoms with Crippen molar-refractivity contribution in [2.45, 2.75) is 25.3 Å². The van der Waals surface area contributed by atoms with Crippen molar-refractivity contribution in [3.8, 4) is 0 Å². The zero-order valence-electron chi connectivity index (χ0n) is 16.7. The van der Waals surface area contributed by atoms with E-state index in [2.05, 4.69) is 23.6 Å². The highest BCUT2D eigenvalue weighted by atomic mass is 32.1. The maximum atomic E-state index is 13.7. The van der Waals surface area contributed by atoms with Crippen molar-refractivity contribution in [1.29, 1.82) is 0 Å². The van der Waals surface area contributed by atoms with Gasteiger partial charge in [-0.1, -0.05) is 30.3 Å². The predicted molar refractivity (Wildman–Crippen MR) is 115 cm³/mol. The Hall–Kier alpha value is -2.86. The zero-order valence-corrected chi connectivity index (χ0v) is 17.5. The summed E-state index contributed by atoms with van der Waals surface area (Å²) in [4.78, 5) is 31.6. The van der Waals surface area contributed by atoms with Crippen LogP contribution >= 0.6 is 11.3 Å². The van der Waals surface area contributed by atoms with Crippen molar-refractivity contribution >= 4 is 23.2 Å². The number of thiophene rings is 1. The monoisotopic (exact) mass is 420 g/mol. The fraction of sp³-hybridized carbons (Fsp3) is 0.333. The van der Waals surface area contributed by atoms with E-state index in [1.807, 2.05) is 23.1 Å². The lowest BCUT2D eigenvalue weighted by molar-refractivity contribution is -0.139. The van der Waals surface area contributed by atoms with Gasteiger partial charge < -0.3 is 14.2 Å². The third kappa shape index (κ3) is 3.45. The summed E-state index contributed by atoms with van der Waals surface area (Å²) < 4.78 is 5.28. The number of likely N-dealkylation sites (tertiary alicyclic amines) is 1. The SMILES string of the molecule is O=C(c1ccco1)N1CCC[C@@H](C(=O)N2CCc3sccc3[C@H]2c2ccccc2)C1. The second-order valence-corrected chi connectivity index (χ2v) is 8.96. The number of benzene rings is 1. The van der Waals surface area contributed by atoms with Crippen LogP contribution in [-0.4, -0.2) is 41.2 Å². The molecule has 2 aromatic heterocycles. The average Bonchev–Trinajstić information content (AvgIpc) is 3.50. The second kappa shape index (κ2) is 8.11. The third-order valence-corrected chi connectivity index (χ3v) is 7.15. The number of rotatable bonds is 3. The summed E-state index contributed by atoms with van der Waals surface area (Å²) in [7, 11) is 0. The van der Waals surface area contributed by atoms with Crippen LogP contribution in [0.15, 0.2) is 64.6 Å². The number of amides is 2. The number of nitrogens with zero attached hydrogens (tertiary/aromatic N) is 2. The summed E-state index contributed by atoms with van der Waals surface area (Å²) in [6, 6.07) is 15.8. The highest BCUT2D eigenvalue weighted by Crippen LogP contribution is 2.39. The van der Waals surface area contributed by atoms with E-state index < -0.39 is 0 Å². The Morgan fingerprint density at radius 3 is 2.70 bits per heavy atom. The molecule has 1 aromatic carbocycles. The molecule has 0 aliphatic carbocycles. The van der Waals surface area contributed by atoms with E-state index in [4.69, 9.17) is 4.42 Å². The topological polar surface area (TPSA) is 53.8 Å². The number of hydrogen-bond donors (Lipinski definition) is 0. The summed E-state index contributed by atoms with van der Waals surface area (Å²) >= 11 is 1.77. The van der Waals surface area contributed by atoms with Gasteiger partial charge in [0.25, 0.3) is 5.91 Å². The minimum Gasteiger partial charge on any atom is -0.459 e. The first-order chi connectivity index (χ1) is 14.7. The number of carbonyl (C=O) groups is 2. The highest BCUT2D eigenvalue weighted by Gasteiger charge is 2.38. The van der Waals surface area contributed by atoms with Gasteiger partial charge in [-0.25, -0.2) is 0 Å². The molecule has 2 aliphatic heterocycles. The van der Waals surface area contributed by atoms with Gasteiger partial charge in [-0.15, -0.1) is 11.3 Å². The minimum absolute atomic E-state index is 0.0511. The van der Waals surface area contributed by atoms with Crippen LogP contribution in [0.5, 0.6) is 0 Å². The van der Waals surface area contributed by atoms with Gasteiger partial charge in [0, 0.05) is 24.5 Å². The highest BCUT2D eigenvalue weighted by molar-refractivity contribution is 7.10. The van der Waals surface area contributed by atoms with Gasteiger partial charge in [-0.3, -0.25) is 9.59 Å². The van der Waals surface area contributed by atoms with Gasteiger partial charge in [0.1, 0.15) is 0 Å². The van der Waals surface area contributed by atoms with Crippen molar-refractivity contribution in [2.75, 3.05) is 19.6 Å². The van der Waals surface area contributed by atoms with Crippen LogP contribution < -0.4 is 0 Å². The molecular weight excluding hydrogens is 396 g/mol. The van der Waals surface area contributed by atoms with E-state index >= 15 is 0 Å². The van der Waals surface area contributed by atoms with Crippen molar-refractivity contribution in [3.63, 3.8) is 0 Å². The van der Waals surface area contributed by atoms with E-state index in [9.17, 15) is 9.59 Å². The number of fused-ring (bicyclic) bond motifs is 1.